The summed E-state index contributed by atoms with van der Waals surface area (Å²) < 4.78 is 17.1. The van der Waals surface area contributed by atoms with E-state index in [4.69, 9.17) is 13.9 Å². The number of benzene rings is 1. The lowest BCUT2D eigenvalue weighted by molar-refractivity contribution is 0.0904. The van der Waals surface area contributed by atoms with Gasteiger partial charge in [0.1, 0.15) is 23.0 Å². The molecule has 0 aliphatic carbocycles. The van der Waals surface area contributed by atoms with Gasteiger partial charge in [0.25, 0.3) is 0 Å². The average molecular weight is 469 g/mol. The highest BCUT2D eigenvalue weighted by Crippen LogP contribution is 2.38. The van der Waals surface area contributed by atoms with Gasteiger partial charge in [0.15, 0.2) is 17.6 Å². The van der Waals surface area contributed by atoms with Crippen LogP contribution in [0.5, 0.6) is 5.75 Å². The van der Waals surface area contributed by atoms with Gasteiger partial charge in [-0.25, -0.2) is 4.98 Å². The fourth-order valence-electron chi connectivity index (χ4n) is 4.39. The van der Waals surface area contributed by atoms with Gasteiger partial charge in [-0.15, -0.1) is 0 Å². The SMILES string of the molecule is COc1cc(C=O)cnc1-c1cc2ncc(C)c(-c3ccc(NC4CCOCC4)c(C#N)c3)c2o1. The molecule has 0 radical (unpaired) electrons. The number of carbonyl (C=O) groups excluding carboxylic acids is 1. The zero-order valence-corrected chi connectivity index (χ0v) is 19.5. The number of nitrogens with zero attached hydrogens (tertiary/aromatic N) is 3. The summed E-state index contributed by atoms with van der Waals surface area (Å²) in [7, 11) is 1.52. The van der Waals surface area contributed by atoms with Gasteiger partial charge < -0.3 is 19.2 Å². The minimum absolute atomic E-state index is 0.289. The first-order valence-corrected chi connectivity index (χ1v) is 11.4. The largest absolute Gasteiger partial charge is 0.494 e. The number of rotatable bonds is 6. The molecular weight excluding hydrogens is 444 g/mol. The molecule has 0 amide bonds. The fourth-order valence-corrected chi connectivity index (χ4v) is 4.39. The number of aryl methyl sites for hydroxylation is 1. The zero-order chi connectivity index (χ0) is 24.4. The predicted molar refractivity (Wildman–Crippen MR) is 132 cm³/mol. The summed E-state index contributed by atoms with van der Waals surface area (Å²) >= 11 is 0. The smallest absolute Gasteiger partial charge is 0.161 e. The van der Waals surface area contributed by atoms with Crippen LogP contribution in [-0.4, -0.2) is 42.6 Å². The van der Waals surface area contributed by atoms with Crippen molar-refractivity contribution >= 4 is 23.1 Å². The number of aromatic nitrogens is 2. The van der Waals surface area contributed by atoms with Crippen molar-refractivity contribution in [1.29, 1.82) is 5.26 Å². The Balaban J connectivity index is 1.57. The van der Waals surface area contributed by atoms with E-state index in [1.807, 2.05) is 25.1 Å². The molecule has 8 nitrogen and oxygen atoms in total. The van der Waals surface area contributed by atoms with Crippen molar-refractivity contribution < 1.29 is 18.7 Å². The standard InChI is InChI=1S/C27H24N4O4/c1-16-13-29-22-11-24(26-23(33-2)9-17(15-32)14-30-26)35-27(22)25(16)18-3-4-21(19(10-18)12-28)31-20-5-7-34-8-6-20/h3-4,9-11,13-15,20,31H,5-8H2,1-2H3. The summed E-state index contributed by atoms with van der Waals surface area (Å²) in [5, 5.41) is 13.4. The van der Waals surface area contributed by atoms with Gasteiger partial charge in [0.05, 0.1) is 18.4 Å². The van der Waals surface area contributed by atoms with E-state index in [1.54, 1.807) is 18.3 Å². The molecule has 1 aliphatic rings. The molecule has 4 heterocycles. The van der Waals surface area contributed by atoms with Crippen LogP contribution in [0.2, 0.25) is 0 Å². The van der Waals surface area contributed by atoms with Crippen LogP contribution in [0.15, 0.2) is 47.1 Å². The molecule has 1 saturated heterocycles. The lowest BCUT2D eigenvalue weighted by atomic mass is 9.98. The Hall–Kier alpha value is -4.22. The molecule has 0 unspecified atom stereocenters. The summed E-state index contributed by atoms with van der Waals surface area (Å²) in [6.45, 7) is 3.41. The highest BCUT2D eigenvalue weighted by atomic mass is 16.5. The normalized spacial score (nSPS) is 14.0. The van der Waals surface area contributed by atoms with Gasteiger partial charge in [-0.1, -0.05) is 6.07 Å². The summed E-state index contributed by atoms with van der Waals surface area (Å²) in [5.74, 6) is 0.911. The summed E-state index contributed by atoms with van der Waals surface area (Å²) in [6.07, 6.45) is 5.81. The van der Waals surface area contributed by atoms with Crippen LogP contribution < -0.4 is 10.1 Å². The van der Waals surface area contributed by atoms with E-state index in [0.717, 1.165) is 48.4 Å². The molecule has 176 valence electrons. The average Bonchev–Trinajstić information content (AvgIpc) is 3.33. The maximum Gasteiger partial charge on any atom is 0.161 e. The monoisotopic (exact) mass is 468 g/mol. The van der Waals surface area contributed by atoms with Crippen molar-refractivity contribution in [3.05, 3.63) is 59.4 Å². The lowest BCUT2D eigenvalue weighted by Gasteiger charge is -2.24. The highest BCUT2D eigenvalue weighted by Gasteiger charge is 2.20. The topological polar surface area (TPSA) is 110 Å². The molecular formula is C27H24N4O4. The Morgan fingerprint density at radius 1 is 1.17 bits per heavy atom. The number of hydrogen-bond acceptors (Lipinski definition) is 8. The molecule has 1 N–H and O–H groups in total. The van der Waals surface area contributed by atoms with Crippen molar-refractivity contribution in [3.8, 4) is 34.4 Å². The molecule has 0 spiro atoms. The van der Waals surface area contributed by atoms with Gasteiger partial charge in [-0.2, -0.15) is 5.26 Å². The number of fused-ring (bicyclic) bond motifs is 1. The zero-order valence-electron chi connectivity index (χ0n) is 19.5. The number of ether oxygens (including phenoxy) is 2. The lowest BCUT2D eigenvalue weighted by Crippen LogP contribution is -2.28. The van der Waals surface area contributed by atoms with Crippen LogP contribution in [0, 0.1) is 18.3 Å². The number of pyridine rings is 2. The maximum atomic E-state index is 11.1. The summed E-state index contributed by atoms with van der Waals surface area (Å²) in [4.78, 5) is 20.0. The van der Waals surface area contributed by atoms with Crippen molar-refractivity contribution in [1.82, 2.24) is 9.97 Å². The van der Waals surface area contributed by atoms with Crippen molar-refractivity contribution in [2.45, 2.75) is 25.8 Å². The Kier molecular flexibility index (Phi) is 6.17. The molecule has 0 bridgehead atoms. The first-order chi connectivity index (χ1) is 17.1. The number of nitriles is 1. The van der Waals surface area contributed by atoms with E-state index in [2.05, 4.69) is 21.4 Å². The molecule has 1 fully saturated rings. The Morgan fingerprint density at radius 3 is 2.74 bits per heavy atom. The molecule has 1 aliphatic heterocycles. The second kappa shape index (κ2) is 9.57. The van der Waals surface area contributed by atoms with Crippen LogP contribution in [0.3, 0.4) is 0 Å². The molecule has 3 aromatic heterocycles. The van der Waals surface area contributed by atoms with E-state index in [9.17, 15) is 10.1 Å². The number of furan rings is 1. The van der Waals surface area contributed by atoms with Crippen molar-refractivity contribution in [3.63, 3.8) is 0 Å². The number of hydrogen-bond donors (Lipinski definition) is 1. The van der Waals surface area contributed by atoms with Gasteiger partial charge in [0, 0.05) is 48.8 Å². The van der Waals surface area contributed by atoms with Gasteiger partial charge in [-0.05, 0) is 49.1 Å². The summed E-state index contributed by atoms with van der Waals surface area (Å²) in [6, 6.07) is 11.8. The van der Waals surface area contributed by atoms with E-state index in [0.29, 0.717) is 45.7 Å². The Morgan fingerprint density at radius 2 is 2.00 bits per heavy atom. The number of carbonyl (C=O) groups is 1. The quantitative estimate of drug-likeness (QED) is 0.387. The Labute approximate surface area is 202 Å². The van der Waals surface area contributed by atoms with E-state index < -0.39 is 0 Å². The van der Waals surface area contributed by atoms with E-state index in [-0.39, 0.29) is 6.04 Å². The van der Waals surface area contributed by atoms with Crippen molar-refractivity contribution in [2.75, 3.05) is 25.6 Å². The molecule has 8 heteroatoms. The van der Waals surface area contributed by atoms with Crippen LogP contribution >= 0.6 is 0 Å². The van der Waals surface area contributed by atoms with Gasteiger partial charge in [0.2, 0.25) is 0 Å². The second-order valence-corrected chi connectivity index (χ2v) is 8.48. The first kappa shape index (κ1) is 22.6. The van der Waals surface area contributed by atoms with Gasteiger partial charge >= 0.3 is 0 Å². The highest BCUT2D eigenvalue weighted by molar-refractivity contribution is 5.95. The molecule has 4 aromatic rings. The van der Waals surface area contributed by atoms with Crippen LogP contribution in [0.1, 0.15) is 34.3 Å². The fraction of sp³-hybridized carbons (Fsp3) is 0.259. The molecule has 1 aromatic carbocycles. The Bertz CT molecular complexity index is 1450. The predicted octanol–water partition coefficient (Wildman–Crippen LogP) is 5.15. The minimum Gasteiger partial charge on any atom is -0.494 e. The minimum atomic E-state index is 0.289. The van der Waals surface area contributed by atoms with Crippen LogP contribution in [0.4, 0.5) is 5.69 Å². The number of anilines is 1. The third kappa shape index (κ3) is 4.34. The van der Waals surface area contributed by atoms with Crippen molar-refractivity contribution in [2.24, 2.45) is 0 Å². The van der Waals surface area contributed by atoms with Gasteiger partial charge in [-0.3, -0.25) is 9.78 Å². The second-order valence-electron chi connectivity index (χ2n) is 8.48. The first-order valence-electron chi connectivity index (χ1n) is 11.4. The van der Waals surface area contributed by atoms with E-state index in [1.165, 1.54) is 13.3 Å². The van der Waals surface area contributed by atoms with E-state index >= 15 is 0 Å². The molecule has 35 heavy (non-hydrogen) atoms. The maximum absolute atomic E-state index is 11.1. The number of methoxy groups -OCH3 is 1. The number of nitrogens with one attached hydrogen (secondary N) is 1. The molecule has 0 saturated carbocycles. The third-order valence-corrected chi connectivity index (χ3v) is 6.20. The summed E-state index contributed by atoms with van der Waals surface area (Å²) in [5.41, 5.74) is 6.17. The molecule has 5 rings (SSSR count). The van der Waals surface area contributed by atoms with Crippen LogP contribution in [-0.2, 0) is 4.74 Å². The van der Waals surface area contributed by atoms with Crippen LogP contribution in [0.25, 0.3) is 33.7 Å². The number of aldehydes is 1. The third-order valence-electron chi connectivity index (χ3n) is 6.20. The molecule has 0 atom stereocenters.